The molecule has 3 fully saturated rings. The number of rotatable bonds is 10. The number of hydrogen-bond donors (Lipinski definition) is 2. The number of aliphatic hydroxyl groups excluding tert-OH is 2. The molecule has 3 aliphatic rings. The molecular weight excluding hydrogens is 624 g/mol. The van der Waals surface area contributed by atoms with Crippen LogP contribution < -0.4 is 0 Å². The minimum atomic E-state index is -0.495. The molecule has 6 heteroatoms. The number of aliphatic hydroxyl groups is 2. The van der Waals surface area contributed by atoms with Crippen molar-refractivity contribution in [1.29, 1.82) is 0 Å². The molecule has 0 radical (unpaired) electrons. The summed E-state index contributed by atoms with van der Waals surface area (Å²) in [6.07, 6.45) is 51.8. The van der Waals surface area contributed by atoms with Crippen LogP contribution in [0.15, 0.2) is 0 Å². The fourth-order valence-corrected chi connectivity index (χ4v) is 6.63. The molecule has 6 nitrogen and oxygen atoms in total. The quantitative estimate of drug-likeness (QED) is 0.133. The molecule has 3 aliphatic carbocycles. The van der Waals surface area contributed by atoms with Crippen molar-refractivity contribution in [3.8, 4) is 0 Å². The number of esters is 2. The first-order chi connectivity index (χ1) is 24.6. The van der Waals surface area contributed by atoms with Gasteiger partial charge in [0.05, 0.1) is 0 Å². The van der Waals surface area contributed by atoms with Gasteiger partial charge in [-0.05, 0) is 12.8 Å². The molecule has 0 aliphatic heterocycles. The van der Waals surface area contributed by atoms with E-state index in [1.807, 2.05) is 0 Å². The van der Waals surface area contributed by atoms with E-state index in [1.54, 1.807) is 0 Å². The van der Waals surface area contributed by atoms with Gasteiger partial charge in [-0.2, -0.15) is 0 Å². The lowest BCUT2D eigenvalue weighted by Gasteiger charge is -2.05. The zero-order valence-electron chi connectivity index (χ0n) is 33.8. The lowest BCUT2D eigenvalue weighted by molar-refractivity contribution is -0.152. The number of ether oxygens (including phenoxy) is 2. The van der Waals surface area contributed by atoms with Crippen molar-refractivity contribution in [2.75, 3.05) is 13.6 Å². The highest BCUT2D eigenvalue weighted by molar-refractivity contribution is 5.69. The predicted octanol–water partition coefficient (Wildman–Crippen LogP) is 13.8. The minimum absolute atomic E-state index is 0.309. The molecule has 0 atom stereocenters. The molecule has 3 saturated carbocycles. The molecule has 300 valence electrons. The number of hydrogen-bond acceptors (Lipinski definition) is 6. The third kappa shape index (κ3) is 49.0. The van der Waals surface area contributed by atoms with Crippen LogP contribution in [0.2, 0.25) is 0 Å². The number of carbonyl (C=O) groups is 2. The van der Waals surface area contributed by atoms with Gasteiger partial charge in [0.2, 0.25) is 0 Å². The molecule has 50 heavy (non-hydrogen) atoms. The Morgan fingerprint density at radius 2 is 0.500 bits per heavy atom. The minimum Gasteiger partial charge on any atom is -0.439 e. The van der Waals surface area contributed by atoms with E-state index in [-0.39, 0.29) is 11.9 Å². The maximum absolute atomic E-state index is 10.5. The summed E-state index contributed by atoms with van der Waals surface area (Å²) in [6, 6.07) is 0. The second-order valence-corrected chi connectivity index (χ2v) is 14.8. The molecule has 0 bridgehead atoms. The monoisotopic (exact) mass is 713 g/mol. The Kier molecular flexibility index (Phi) is 48.8. The highest BCUT2D eigenvalue weighted by Crippen LogP contribution is 2.17. The van der Waals surface area contributed by atoms with E-state index < -0.39 is 13.6 Å². The molecule has 0 unspecified atom stereocenters. The fraction of sp³-hybridized carbons (Fsp3) is 0.955. The van der Waals surface area contributed by atoms with Gasteiger partial charge in [0.15, 0.2) is 13.6 Å². The Bertz CT molecular complexity index is 469. The van der Waals surface area contributed by atoms with Crippen molar-refractivity contribution in [2.45, 2.75) is 258 Å². The first kappa shape index (κ1) is 51.0. The standard InChI is InChI=1S/3C10H20.2C7H14O3/c3*1-2-4-6-8-10-9-7-5-3-1;2*1-2-3-4-5-7(9)10-6-8/h3*1-10H2;2*8H,2-6H2,1H3. The van der Waals surface area contributed by atoms with E-state index in [1.165, 1.54) is 193 Å². The van der Waals surface area contributed by atoms with Crippen molar-refractivity contribution in [3.63, 3.8) is 0 Å². The van der Waals surface area contributed by atoms with Gasteiger partial charge in [-0.25, -0.2) is 0 Å². The molecule has 0 saturated heterocycles. The van der Waals surface area contributed by atoms with Crippen LogP contribution in [-0.2, 0) is 19.1 Å². The van der Waals surface area contributed by atoms with E-state index in [2.05, 4.69) is 23.3 Å². The summed E-state index contributed by atoms with van der Waals surface area (Å²) in [7, 11) is 0. The summed E-state index contributed by atoms with van der Waals surface area (Å²) in [5.41, 5.74) is 0. The largest absolute Gasteiger partial charge is 0.439 e. The van der Waals surface area contributed by atoms with E-state index >= 15 is 0 Å². The Morgan fingerprint density at radius 1 is 0.340 bits per heavy atom. The highest BCUT2D eigenvalue weighted by Gasteiger charge is 2.01. The summed E-state index contributed by atoms with van der Waals surface area (Å²) in [6.45, 7) is 3.14. The molecule has 0 aromatic rings. The van der Waals surface area contributed by atoms with E-state index in [9.17, 15) is 9.59 Å². The Morgan fingerprint density at radius 3 is 0.620 bits per heavy atom. The summed E-state index contributed by atoms with van der Waals surface area (Å²) < 4.78 is 8.61. The molecule has 0 heterocycles. The van der Waals surface area contributed by atoms with Gasteiger partial charge in [-0.1, -0.05) is 232 Å². The topological polar surface area (TPSA) is 93.1 Å². The van der Waals surface area contributed by atoms with Crippen LogP contribution in [0.25, 0.3) is 0 Å². The molecule has 0 spiro atoms. The Hall–Kier alpha value is -1.14. The van der Waals surface area contributed by atoms with Gasteiger partial charge in [0, 0.05) is 12.8 Å². The van der Waals surface area contributed by atoms with Crippen molar-refractivity contribution >= 4 is 11.9 Å². The normalized spacial score (nSPS) is 18.2. The third-order valence-corrected chi connectivity index (χ3v) is 9.92. The summed E-state index contributed by atoms with van der Waals surface area (Å²) in [4.78, 5) is 21.1. The van der Waals surface area contributed by atoms with Crippen molar-refractivity contribution in [2.24, 2.45) is 0 Å². The van der Waals surface area contributed by atoms with Crippen molar-refractivity contribution < 1.29 is 29.3 Å². The molecule has 0 amide bonds. The first-order valence-electron chi connectivity index (χ1n) is 22.1. The number of unbranched alkanes of at least 4 members (excludes halogenated alkanes) is 4. The zero-order valence-corrected chi connectivity index (χ0v) is 33.8. The van der Waals surface area contributed by atoms with Crippen LogP contribution >= 0.6 is 0 Å². The SMILES string of the molecule is C1CCCCCCCCC1.C1CCCCCCCCC1.C1CCCCCCCCC1.CCCCCC(=O)OCO.CCCCCC(=O)OCO. The average molecular weight is 713 g/mol. The van der Waals surface area contributed by atoms with Crippen LogP contribution in [0.5, 0.6) is 0 Å². The molecule has 0 aromatic carbocycles. The zero-order chi connectivity index (χ0) is 36.9. The maximum Gasteiger partial charge on any atom is 0.307 e. The maximum atomic E-state index is 10.5. The van der Waals surface area contributed by atoms with Gasteiger partial charge in [0.1, 0.15) is 0 Å². The van der Waals surface area contributed by atoms with Crippen LogP contribution in [0.1, 0.15) is 258 Å². The summed E-state index contributed by atoms with van der Waals surface area (Å²) >= 11 is 0. The predicted molar refractivity (Wildman–Crippen MR) is 213 cm³/mol. The number of carbonyl (C=O) groups excluding carboxylic acids is 2. The second-order valence-electron chi connectivity index (χ2n) is 14.8. The average Bonchev–Trinajstić information content (AvgIpc) is 3.14. The van der Waals surface area contributed by atoms with E-state index in [0.717, 1.165) is 38.5 Å². The van der Waals surface area contributed by atoms with Crippen LogP contribution in [0.3, 0.4) is 0 Å². The lowest BCUT2D eigenvalue weighted by Crippen LogP contribution is -2.04. The van der Waals surface area contributed by atoms with Gasteiger partial charge < -0.3 is 19.7 Å². The van der Waals surface area contributed by atoms with Crippen LogP contribution in [0, 0.1) is 0 Å². The lowest BCUT2D eigenvalue weighted by atomic mass is 10.0. The second kappa shape index (κ2) is 47.9. The molecule has 2 N–H and O–H groups in total. The van der Waals surface area contributed by atoms with Crippen molar-refractivity contribution in [1.82, 2.24) is 0 Å². The molecular formula is C44H88O6. The van der Waals surface area contributed by atoms with Gasteiger partial charge in [-0.15, -0.1) is 0 Å². The smallest absolute Gasteiger partial charge is 0.307 e. The molecule has 3 rings (SSSR count). The summed E-state index contributed by atoms with van der Waals surface area (Å²) in [5, 5.41) is 16.3. The van der Waals surface area contributed by atoms with Crippen LogP contribution in [0.4, 0.5) is 0 Å². The first-order valence-corrected chi connectivity index (χ1v) is 22.1. The Balaban J connectivity index is 0. The highest BCUT2D eigenvalue weighted by atomic mass is 16.6. The van der Waals surface area contributed by atoms with E-state index in [4.69, 9.17) is 10.2 Å². The van der Waals surface area contributed by atoms with Gasteiger partial charge in [0.25, 0.3) is 0 Å². The molecule has 0 aromatic heterocycles. The van der Waals surface area contributed by atoms with Gasteiger partial charge >= 0.3 is 11.9 Å². The van der Waals surface area contributed by atoms with Gasteiger partial charge in [-0.3, -0.25) is 9.59 Å². The summed E-state index contributed by atoms with van der Waals surface area (Å²) in [5.74, 6) is -0.619. The van der Waals surface area contributed by atoms with Crippen LogP contribution in [-0.4, -0.2) is 35.7 Å². The fourth-order valence-electron chi connectivity index (χ4n) is 6.63. The van der Waals surface area contributed by atoms with E-state index in [0.29, 0.717) is 12.8 Å². The Labute approximate surface area is 312 Å². The van der Waals surface area contributed by atoms with Crippen molar-refractivity contribution in [3.05, 3.63) is 0 Å². The third-order valence-electron chi connectivity index (χ3n) is 9.92.